The molecule has 0 saturated heterocycles. The van der Waals surface area contributed by atoms with E-state index in [1.54, 1.807) is 6.08 Å². The fraction of sp³-hybridized carbons (Fsp3) is 0.671. The van der Waals surface area contributed by atoms with E-state index < -0.39 is 12.1 Å². The van der Waals surface area contributed by atoms with Gasteiger partial charge in [0.1, 0.15) is 0 Å². The number of hydrogen-bond donors (Lipinski definition) is 3. The van der Waals surface area contributed by atoms with Crippen LogP contribution in [0.1, 0.15) is 309 Å². The lowest BCUT2D eigenvalue weighted by atomic mass is 10.0. The third-order valence-electron chi connectivity index (χ3n) is 14.8. The Labute approximate surface area is 497 Å². The van der Waals surface area contributed by atoms with Gasteiger partial charge in [-0.3, -0.25) is 4.79 Å². The summed E-state index contributed by atoms with van der Waals surface area (Å²) in [5.41, 5.74) is 0. The summed E-state index contributed by atoms with van der Waals surface area (Å²) >= 11 is 0. The summed E-state index contributed by atoms with van der Waals surface area (Å²) in [6.07, 6.45) is 109. The SMILES string of the molecule is CC/C=C\C/C=C\C/C=C\C/C=C\C/C=C\C/C=C\C/C=C\C/C=C\C/C=C\C/C=C\C/C=C\CCCCCCCC(=O)NC(CO)C(O)/C=C/CCCCCCCCCCCCCCCCCCCCCCCCCCCCC. The van der Waals surface area contributed by atoms with Crippen LogP contribution in [0.3, 0.4) is 0 Å². The number of rotatable bonds is 61. The van der Waals surface area contributed by atoms with Gasteiger partial charge >= 0.3 is 0 Å². The zero-order valence-electron chi connectivity index (χ0n) is 52.5. The van der Waals surface area contributed by atoms with Crippen LogP contribution in [0.5, 0.6) is 0 Å². The number of aliphatic hydroxyl groups excluding tert-OH is 2. The number of amides is 1. The lowest BCUT2D eigenvalue weighted by Gasteiger charge is -2.20. The van der Waals surface area contributed by atoms with Gasteiger partial charge in [-0.15, -0.1) is 0 Å². The lowest BCUT2D eigenvalue weighted by Crippen LogP contribution is -2.45. The number of hydrogen-bond acceptors (Lipinski definition) is 3. The molecule has 0 aromatic carbocycles. The van der Waals surface area contributed by atoms with Gasteiger partial charge in [0.15, 0.2) is 0 Å². The highest BCUT2D eigenvalue weighted by molar-refractivity contribution is 5.76. The molecule has 0 radical (unpaired) electrons. The van der Waals surface area contributed by atoms with E-state index in [1.807, 2.05) is 6.08 Å². The smallest absolute Gasteiger partial charge is 0.220 e. The molecule has 0 saturated carbocycles. The van der Waals surface area contributed by atoms with Crippen LogP contribution in [0.15, 0.2) is 146 Å². The Morgan fingerprint density at radius 1 is 0.312 bits per heavy atom. The van der Waals surface area contributed by atoms with Gasteiger partial charge in [0.2, 0.25) is 5.91 Å². The Morgan fingerprint density at radius 3 is 0.825 bits per heavy atom. The molecule has 0 aliphatic heterocycles. The van der Waals surface area contributed by atoms with Crippen LogP contribution in [0, 0.1) is 0 Å². The molecule has 3 N–H and O–H groups in total. The summed E-state index contributed by atoms with van der Waals surface area (Å²) in [5.74, 6) is -0.0854. The minimum absolute atomic E-state index is 0.0854. The molecule has 0 aromatic heterocycles. The normalized spacial score (nSPS) is 13.7. The van der Waals surface area contributed by atoms with Gasteiger partial charge in [-0.1, -0.05) is 346 Å². The average Bonchev–Trinajstić information content (AvgIpc) is 3.46. The molecule has 0 spiro atoms. The maximum atomic E-state index is 12.5. The van der Waals surface area contributed by atoms with Crippen molar-refractivity contribution in [2.24, 2.45) is 0 Å². The third kappa shape index (κ3) is 65.1. The molecule has 80 heavy (non-hydrogen) atoms. The molecule has 0 rings (SSSR count). The minimum Gasteiger partial charge on any atom is -0.394 e. The monoisotopic (exact) mass is 1100 g/mol. The molecule has 2 atom stereocenters. The summed E-state index contributed by atoms with van der Waals surface area (Å²) in [6, 6.07) is -0.646. The first-order valence-electron chi connectivity index (χ1n) is 34.0. The molecule has 4 heteroatoms. The largest absolute Gasteiger partial charge is 0.394 e. The molecule has 456 valence electrons. The van der Waals surface area contributed by atoms with Gasteiger partial charge in [-0.2, -0.15) is 0 Å². The van der Waals surface area contributed by atoms with Crippen molar-refractivity contribution in [2.45, 2.75) is 321 Å². The zero-order valence-corrected chi connectivity index (χ0v) is 52.5. The van der Waals surface area contributed by atoms with Crippen LogP contribution >= 0.6 is 0 Å². The summed E-state index contributed by atoms with van der Waals surface area (Å²) in [6.45, 7) is 4.20. The molecule has 0 heterocycles. The second-order valence-corrected chi connectivity index (χ2v) is 22.5. The summed E-state index contributed by atoms with van der Waals surface area (Å²) < 4.78 is 0. The van der Waals surface area contributed by atoms with Gasteiger partial charge in [0.25, 0.3) is 0 Å². The molecule has 2 unspecified atom stereocenters. The molecule has 4 nitrogen and oxygen atoms in total. The second kappa shape index (κ2) is 69.5. The maximum absolute atomic E-state index is 12.5. The first kappa shape index (κ1) is 76.3. The fourth-order valence-corrected chi connectivity index (χ4v) is 9.72. The van der Waals surface area contributed by atoms with Crippen LogP contribution in [0.2, 0.25) is 0 Å². The van der Waals surface area contributed by atoms with Crippen LogP contribution < -0.4 is 5.32 Å². The van der Waals surface area contributed by atoms with Crippen LogP contribution in [-0.4, -0.2) is 34.9 Å². The quantitative estimate of drug-likeness (QED) is 0.0420. The highest BCUT2D eigenvalue weighted by Gasteiger charge is 2.18. The van der Waals surface area contributed by atoms with Crippen molar-refractivity contribution < 1.29 is 15.0 Å². The highest BCUT2D eigenvalue weighted by atomic mass is 16.3. The van der Waals surface area contributed by atoms with Crippen molar-refractivity contribution in [2.75, 3.05) is 6.61 Å². The van der Waals surface area contributed by atoms with Crippen molar-refractivity contribution in [3.8, 4) is 0 Å². The number of carbonyl (C=O) groups excluding carboxylic acids is 1. The Morgan fingerprint density at radius 2 is 0.550 bits per heavy atom. The Balaban J connectivity index is 3.62. The van der Waals surface area contributed by atoms with Gasteiger partial charge in [0.05, 0.1) is 18.8 Å². The predicted octanol–water partition coefficient (Wildman–Crippen LogP) is 23.5. The molecule has 0 aliphatic carbocycles. The lowest BCUT2D eigenvalue weighted by molar-refractivity contribution is -0.123. The Bertz CT molecular complexity index is 1630. The van der Waals surface area contributed by atoms with Gasteiger partial charge < -0.3 is 15.5 Å². The molecule has 0 aliphatic rings. The molecule has 0 aromatic rings. The van der Waals surface area contributed by atoms with Gasteiger partial charge in [-0.25, -0.2) is 0 Å². The van der Waals surface area contributed by atoms with E-state index in [0.29, 0.717) is 6.42 Å². The maximum Gasteiger partial charge on any atom is 0.220 e. The van der Waals surface area contributed by atoms with Crippen LogP contribution in [0.4, 0.5) is 0 Å². The van der Waals surface area contributed by atoms with Crippen molar-refractivity contribution in [1.82, 2.24) is 5.32 Å². The number of nitrogens with one attached hydrogen (secondary N) is 1. The fourth-order valence-electron chi connectivity index (χ4n) is 9.72. The van der Waals surface area contributed by atoms with E-state index in [9.17, 15) is 15.0 Å². The third-order valence-corrected chi connectivity index (χ3v) is 14.8. The van der Waals surface area contributed by atoms with E-state index in [0.717, 1.165) is 109 Å². The first-order chi connectivity index (χ1) is 39.7. The average molecular weight is 1100 g/mol. The van der Waals surface area contributed by atoms with E-state index >= 15 is 0 Å². The molecule has 1 amide bonds. The summed E-state index contributed by atoms with van der Waals surface area (Å²) in [7, 11) is 0. The summed E-state index contributed by atoms with van der Waals surface area (Å²) in [4.78, 5) is 12.5. The van der Waals surface area contributed by atoms with Crippen molar-refractivity contribution in [3.63, 3.8) is 0 Å². The van der Waals surface area contributed by atoms with Gasteiger partial charge in [0, 0.05) is 6.42 Å². The van der Waals surface area contributed by atoms with Crippen LogP contribution in [-0.2, 0) is 4.79 Å². The van der Waals surface area contributed by atoms with E-state index in [-0.39, 0.29) is 12.5 Å². The summed E-state index contributed by atoms with van der Waals surface area (Å²) in [5, 5.41) is 23.3. The van der Waals surface area contributed by atoms with Crippen molar-refractivity contribution >= 4 is 5.91 Å². The van der Waals surface area contributed by atoms with Gasteiger partial charge in [-0.05, 0) is 103 Å². The Hall–Kier alpha value is -3.73. The molecule has 0 fully saturated rings. The number of allylic oxidation sites excluding steroid dienone is 23. The van der Waals surface area contributed by atoms with Crippen molar-refractivity contribution in [3.05, 3.63) is 146 Å². The van der Waals surface area contributed by atoms with Crippen LogP contribution in [0.25, 0.3) is 0 Å². The van der Waals surface area contributed by atoms with E-state index in [2.05, 4.69) is 153 Å². The number of aliphatic hydroxyl groups is 2. The Kier molecular flexibility index (Phi) is 66.3. The standard InChI is InChI=1S/C76H129NO3/c1-3-5-7-9-11-13-15-17-19-21-23-25-27-29-31-33-34-35-36-37-38-39-40-41-42-44-46-48-50-52-54-56-58-60-62-64-66-68-70-72-76(80)77-74(73-78)75(79)71-69-67-65-63-61-59-57-55-53-51-49-47-45-43-32-30-28-26-24-22-20-18-16-14-12-10-8-6-4-2/h5,7,11,13,17,19,23,25,29,31,34-35,37-38,40-41,44,46,50,52,56,58,69,71,74-75,78-79H,3-4,6,8-10,12,14-16,18,20-22,24,26-28,30,32-33,36,39,42-43,45,47-49,51,53-55,57,59-68,70,72-73H2,1-2H3,(H,77,80)/b7-5-,13-11-,19-17-,25-23-,31-29-,35-34-,38-37-,41-40-,46-44-,52-50-,58-56-,71-69+. The number of carbonyl (C=O) groups is 1. The minimum atomic E-state index is -0.860. The second-order valence-electron chi connectivity index (χ2n) is 22.5. The highest BCUT2D eigenvalue weighted by Crippen LogP contribution is 2.17. The number of unbranched alkanes of at least 4 members (excludes halogenated alkanes) is 32. The topological polar surface area (TPSA) is 69.6 Å². The first-order valence-corrected chi connectivity index (χ1v) is 34.0. The van der Waals surface area contributed by atoms with Crippen molar-refractivity contribution in [1.29, 1.82) is 0 Å². The predicted molar refractivity (Wildman–Crippen MR) is 358 cm³/mol. The van der Waals surface area contributed by atoms with E-state index in [4.69, 9.17) is 0 Å². The zero-order chi connectivity index (χ0) is 57.6. The molecule has 0 bridgehead atoms. The van der Waals surface area contributed by atoms with E-state index in [1.165, 1.54) is 180 Å². The molecular weight excluding hydrogens is 975 g/mol. The molecular formula is C76H129NO3.